The van der Waals surface area contributed by atoms with Gasteiger partial charge in [0.25, 0.3) is 5.91 Å². The van der Waals surface area contributed by atoms with Crippen LogP contribution in [0.3, 0.4) is 0 Å². The summed E-state index contributed by atoms with van der Waals surface area (Å²) in [7, 11) is 0. The van der Waals surface area contributed by atoms with Gasteiger partial charge in [-0.2, -0.15) is 5.10 Å². The molecule has 1 aromatic carbocycles. The molecule has 3 heterocycles. The van der Waals surface area contributed by atoms with Gasteiger partial charge in [0, 0.05) is 0 Å². The molecule has 3 aliphatic rings. The van der Waals surface area contributed by atoms with E-state index in [-0.39, 0.29) is 24.2 Å². The highest BCUT2D eigenvalue weighted by Crippen LogP contribution is 2.35. The van der Waals surface area contributed by atoms with Crippen molar-refractivity contribution in [3.63, 3.8) is 0 Å². The van der Waals surface area contributed by atoms with Gasteiger partial charge in [-0.05, 0) is 33.3 Å². The molecular formula is C21H28N2O6. The molecule has 0 spiro atoms. The smallest absolute Gasteiger partial charge is 0.274 e. The number of amides is 1. The van der Waals surface area contributed by atoms with E-state index < -0.39 is 17.7 Å². The third kappa shape index (κ3) is 4.51. The lowest BCUT2D eigenvalue weighted by Gasteiger charge is -2.45. The van der Waals surface area contributed by atoms with Crippen molar-refractivity contribution >= 4 is 12.1 Å². The molecule has 0 aromatic heterocycles. The van der Waals surface area contributed by atoms with Crippen molar-refractivity contribution in [2.24, 2.45) is 5.10 Å². The van der Waals surface area contributed by atoms with Crippen molar-refractivity contribution in [3.8, 4) is 0 Å². The maximum absolute atomic E-state index is 12.8. The van der Waals surface area contributed by atoms with E-state index in [4.69, 9.17) is 23.7 Å². The molecule has 4 rings (SSSR count). The normalized spacial score (nSPS) is 33.4. The second-order valence-electron chi connectivity index (χ2n) is 8.39. The molecule has 0 bridgehead atoms. The molecule has 1 aromatic rings. The molecular weight excluding hydrogens is 376 g/mol. The number of ether oxygens (including phenoxy) is 5. The third-order valence-electron chi connectivity index (χ3n) is 5.13. The van der Waals surface area contributed by atoms with E-state index in [9.17, 15) is 4.79 Å². The van der Waals surface area contributed by atoms with Gasteiger partial charge in [-0.1, -0.05) is 30.3 Å². The standard InChI is InChI=1S/C21H28N2O6/c1-20(2)26-12-15(28-20)10-22-23-17(16-13-27-21(3,4)29-16)18(19(23)24)25-11-14-8-6-5-7-9-14/h5-10,15-18H,11-13H2,1-4H3/b22-10+/t15-,16+,17-,18+/m0/s1. The molecule has 0 aliphatic carbocycles. The van der Waals surface area contributed by atoms with Crippen molar-refractivity contribution in [1.82, 2.24) is 5.01 Å². The Morgan fingerprint density at radius 2 is 1.79 bits per heavy atom. The number of benzene rings is 1. The van der Waals surface area contributed by atoms with Crippen LogP contribution >= 0.6 is 0 Å². The Kier molecular flexibility index (Phi) is 5.48. The van der Waals surface area contributed by atoms with Gasteiger partial charge in [0.05, 0.1) is 26.0 Å². The highest BCUT2D eigenvalue weighted by atomic mass is 16.7. The first-order valence-electron chi connectivity index (χ1n) is 9.90. The average Bonchev–Trinajstić information content (AvgIpc) is 3.20. The Balaban J connectivity index is 1.45. The van der Waals surface area contributed by atoms with Crippen LogP contribution in [0.15, 0.2) is 35.4 Å². The molecule has 3 saturated heterocycles. The lowest BCUT2D eigenvalue weighted by molar-refractivity contribution is -0.198. The summed E-state index contributed by atoms with van der Waals surface area (Å²) in [6, 6.07) is 9.39. The van der Waals surface area contributed by atoms with Crippen molar-refractivity contribution in [2.45, 2.75) is 70.2 Å². The van der Waals surface area contributed by atoms with Crippen LogP contribution in [0.5, 0.6) is 0 Å². The zero-order valence-electron chi connectivity index (χ0n) is 17.2. The molecule has 3 aliphatic heterocycles. The van der Waals surface area contributed by atoms with Gasteiger partial charge in [-0.3, -0.25) is 4.79 Å². The second-order valence-corrected chi connectivity index (χ2v) is 8.39. The number of carbonyl (C=O) groups excluding carboxylic acids is 1. The summed E-state index contributed by atoms with van der Waals surface area (Å²) in [6.45, 7) is 8.51. The van der Waals surface area contributed by atoms with Crippen LogP contribution in [0.25, 0.3) is 0 Å². The number of hydrazone groups is 1. The van der Waals surface area contributed by atoms with Crippen molar-refractivity contribution in [2.75, 3.05) is 13.2 Å². The minimum absolute atomic E-state index is 0.200. The van der Waals surface area contributed by atoms with Crippen molar-refractivity contribution in [1.29, 1.82) is 0 Å². The molecule has 1 amide bonds. The Morgan fingerprint density at radius 3 is 2.41 bits per heavy atom. The molecule has 0 N–H and O–H groups in total. The van der Waals surface area contributed by atoms with Crippen molar-refractivity contribution < 1.29 is 28.5 Å². The van der Waals surface area contributed by atoms with Gasteiger partial charge < -0.3 is 23.7 Å². The Bertz CT molecular complexity index is 766. The molecule has 0 radical (unpaired) electrons. The molecule has 3 fully saturated rings. The molecule has 4 atom stereocenters. The number of carbonyl (C=O) groups is 1. The highest BCUT2D eigenvalue weighted by Gasteiger charge is 2.56. The van der Waals surface area contributed by atoms with E-state index in [1.807, 2.05) is 58.0 Å². The van der Waals surface area contributed by atoms with Crippen LogP contribution in [0, 0.1) is 0 Å². The molecule has 0 unspecified atom stereocenters. The minimum atomic E-state index is -0.699. The molecule has 29 heavy (non-hydrogen) atoms. The number of nitrogens with zero attached hydrogens (tertiary/aromatic N) is 2. The van der Waals surface area contributed by atoms with Crippen LogP contribution in [-0.2, 0) is 35.1 Å². The van der Waals surface area contributed by atoms with Gasteiger partial charge in [0.2, 0.25) is 0 Å². The summed E-state index contributed by atoms with van der Waals surface area (Å²) in [6.07, 6.45) is 0.346. The first kappa shape index (κ1) is 20.4. The predicted molar refractivity (Wildman–Crippen MR) is 104 cm³/mol. The van der Waals surface area contributed by atoms with Gasteiger partial charge in [-0.15, -0.1) is 0 Å². The fourth-order valence-electron chi connectivity index (χ4n) is 3.70. The molecule has 0 saturated carbocycles. The van der Waals surface area contributed by atoms with Gasteiger partial charge in [0.1, 0.15) is 18.2 Å². The summed E-state index contributed by atoms with van der Waals surface area (Å²) < 4.78 is 28.9. The number of rotatable bonds is 6. The zero-order valence-corrected chi connectivity index (χ0v) is 17.2. The van der Waals surface area contributed by atoms with E-state index in [0.29, 0.717) is 19.8 Å². The minimum Gasteiger partial charge on any atom is -0.361 e. The molecule has 158 valence electrons. The van der Waals surface area contributed by atoms with Crippen LogP contribution in [0.2, 0.25) is 0 Å². The Hall–Kier alpha value is -1.84. The molecule has 8 nitrogen and oxygen atoms in total. The largest absolute Gasteiger partial charge is 0.361 e. The van der Waals surface area contributed by atoms with Crippen molar-refractivity contribution in [3.05, 3.63) is 35.9 Å². The van der Waals surface area contributed by atoms with Crippen LogP contribution in [-0.4, -0.2) is 66.3 Å². The SMILES string of the molecule is CC1(C)OC[C@H](/C=N/N2C(=O)[C@H](OCc3ccccc3)[C@@H]2[C@H]2COC(C)(C)O2)O1. The maximum Gasteiger partial charge on any atom is 0.274 e. The fourth-order valence-corrected chi connectivity index (χ4v) is 3.70. The van der Waals surface area contributed by atoms with Gasteiger partial charge in [-0.25, -0.2) is 5.01 Å². The summed E-state index contributed by atoms with van der Waals surface area (Å²) in [5.74, 6) is -1.55. The van der Waals surface area contributed by atoms with Gasteiger partial charge >= 0.3 is 0 Å². The lowest BCUT2D eigenvalue weighted by Crippen LogP contribution is -2.68. The summed E-state index contributed by atoms with van der Waals surface area (Å²) in [5, 5.41) is 5.79. The monoisotopic (exact) mass is 404 g/mol. The van der Waals surface area contributed by atoms with E-state index in [0.717, 1.165) is 5.56 Å². The van der Waals surface area contributed by atoms with E-state index in [2.05, 4.69) is 5.10 Å². The van der Waals surface area contributed by atoms with E-state index >= 15 is 0 Å². The summed E-state index contributed by atoms with van der Waals surface area (Å²) in [5.41, 5.74) is 1.00. The maximum atomic E-state index is 12.8. The first-order chi connectivity index (χ1) is 13.7. The summed E-state index contributed by atoms with van der Waals surface area (Å²) >= 11 is 0. The number of hydrogen-bond donors (Lipinski definition) is 0. The highest BCUT2D eigenvalue weighted by molar-refractivity contribution is 5.89. The van der Waals surface area contributed by atoms with Crippen LogP contribution in [0.4, 0.5) is 0 Å². The fraction of sp³-hybridized carbons (Fsp3) is 0.619. The van der Waals surface area contributed by atoms with Gasteiger partial charge in [0.15, 0.2) is 17.7 Å². The lowest BCUT2D eigenvalue weighted by atomic mass is 9.95. The van der Waals surface area contributed by atoms with Crippen LogP contribution < -0.4 is 0 Å². The number of β-lactam (4-membered cyclic amide) rings is 1. The predicted octanol–water partition coefficient (Wildman–Crippen LogP) is 2.07. The first-order valence-corrected chi connectivity index (χ1v) is 9.90. The zero-order chi connectivity index (χ0) is 20.6. The quantitative estimate of drug-likeness (QED) is 0.534. The third-order valence-corrected chi connectivity index (χ3v) is 5.13. The topological polar surface area (TPSA) is 78.8 Å². The second kappa shape index (κ2) is 7.77. The average molecular weight is 404 g/mol. The van der Waals surface area contributed by atoms with E-state index in [1.54, 1.807) is 6.21 Å². The summed E-state index contributed by atoms with van der Waals surface area (Å²) in [4.78, 5) is 12.8. The molecule has 8 heteroatoms. The Labute approximate surface area is 170 Å². The van der Waals surface area contributed by atoms with E-state index in [1.165, 1.54) is 5.01 Å². The van der Waals surface area contributed by atoms with Crippen LogP contribution in [0.1, 0.15) is 33.3 Å². The number of hydrogen-bond acceptors (Lipinski definition) is 7. The Morgan fingerprint density at radius 1 is 1.10 bits per heavy atom.